The molecule has 2 aromatic carbocycles. The molecule has 1 saturated heterocycles. The van der Waals surface area contributed by atoms with Crippen LogP contribution in [0.1, 0.15) is 38.2 Å². The van der Waals surface area contributed by atoms with Gasteiger partial charge in [0.2, 0.25) is 5.91 Å². The lowest BCUT2D eigenvalue weighted by molar-refractivity contribution is -0.145. The molecular weight excluding hydrogens is 500 g/mol. The molecule has 0 spiro atoms. The second-order valence-corrected chi connectivity index (χ2v) is 10.9. The Bertz CT molecular complexity index is 1240. The molecule has 0 bridgehead atoms. The van der Waals surface area contributed by atoms with Crippen LogP contribution >= 0.6 is 0 Å². The van der Waals surface area contributed by atoms with Gasteiger partial charge >= 0.3 is 21.3 Å². The van der Waals surface area contributed by atoms with E-state index in [4.69, 9.17) is 14.6 Å². The molecule has 2 aliphatic heterocycles. The number of ether oxygens (including phenoxy) is 2. The monoisotopic (exact) mass is 530 g/mol. The van der Waals surface area contributed by atoms with E-state index in [2.05, 4.69) is 0 Å². The molecule has 4 rings (SSSR count). The zero-order valence-electron chi connectivity index (χ0n) is 20.5. The number of aliphatic carboxylic acids is 1. The van der Waals surface area contributed by atoms with Gasteiger partial charge in [0.25, 0.3) is 0 Å². The van der Waals surface area contributed by atoms with Crippen LogP contribution in [0.25, 0.3) is 0 Å². The summed E-state index contributed by atoms with van der Waals surface area (Å²) in [5.74, 6) is -1.14. The Balaban J connectivity index is 1.45. The van der Waals surface area contributed by atoms with E-state index < -0.39 is 39.4 Å². The number of sulfonamides is 1. The number of carbonyl (C=O) groups excluding carboxylic acids is 2. The number of likely N-dealkylation sites (tertiary alicyclic amines) is 1. The smallest absolute Gasteiger partial charge is 0.445 e. The quantitative estimate of drug-likeness (QED) is 0.539. The molecule has 1 unspecified atom stereocenters. The molecule has 0 saturated carbocycles. The van der Waals surface area contributed by atoms with Crippen molar-refractivity contribution in [2.75, 3.05) is 17.4 Å². The molecule has 11 heteroatoms. The maximum atomic E-state index is 13.4. The van der Waals surface area contributed by atoms with Crippen LogP contribution in [0.2, 0.25) is 0 Å². The summed E-state index contributed by atoms with van der Waals surface area (Å²) in [7, 11) is -4.56. The van der Waals surface area contributed by atoms with E-state index in [0.29, 0.717) is 37.2 Å². The molecular formula is C26H30N2O8S. The van der Waals surface area contributed by atoms with Gasteiger partial charge in [-0.1, -0.05) is 42.5 Å². The van der Waals surface area contributed by atoms with E-state index in [1.54, 1.807) is 66.4 Å². The summed E-state index contributed by atoms with van der Waals surface area (Å²) >= 11 is 0. The lowest BCUT2D eigenvalue weighted by Gasteiger charge is -2.40. The highest BCUT2D eigenvalue weighted by atomic mass is 32.2. The van der Waals surface area contributed by atoms with E-state index in [-0.39, 0.29) is 31.0 Å². The first-order valence-corrected chi connectivity index (χ1v) is 13.6. The SMILES string of the molecule is C[C@@H]1C(CCC(=O)N2CCC(C(=O)O)CC2)Oc2ccccc2N1S(=O)(=O)C(=O)OCc1ccccc1. The van der Waals surface area contributed by atoms with Gasteiger partial charge in [-0.3, -0.25) is 13.9 Å². The van der Waals surface area contributed by atoms with Crippen molar-refractivity contribution in [1.29, 1.82) is 0 Å². The van der Waals surface area contributed by atoms with Crippen molar-refractivity contribution in [2.45, 2.75) is 51.4 Å². The normalized spacial score (nSPS) is 20.0. The molecule has 1 amide bonds. The van der Waals surface area contributed by atoms with Crippen LogP contribution in [0.5, 0.6) is 5.75 Å². The molecule has 0 aliphatic carbocycles. The third kappa shape index (κ3) is 5.87. The molecule has 2 atom stereocenters. The van der Waals surface area contributed by atoms with Crippen LogP contribution in [0.3, 0.4) is 0 Å². The van der Waals surface area contributed by atoms with E-state index in [1.165, 1.54) is 0 Å². The van der Waals surface area contributed by atoms with Crippen LogP contribution in [0.15, 0.2) is 54.6 Å². The first-order valence-electron chi connectivity index (χ1n) is 12.2. The predicted molar refractivity (Wildman–Crippen MR) is 135 cm³/mol. The summed E-state index contributed by atoms with van der Waals surface area (Å²) in [6.07, 6.45) is 0.440. The minimum atomic E-state index is -4.56. The number of piperidine rings is 1. The maximum Gasteiger partial charge on any atom is 0.445 e. The number of anilines is 1. The van der Waals surface area contributed by atoms with Gasteiger partial charge in [-0.15, -0.1) is 0 Å². The summed E-state index contributed by atoms with van der Waals surface area (Å²) in [4.78, 5) is 38.3. The topological polar surface area (TPSA) is 131 Å². The van der Waals surface area contributed by atoms with Crippen LogP contribution in [-0.2, 0) is 31.0 Å². The van der Waals surface area contributed by atoms with Gasteiger partial charge in [-0.25, -0.2) is 4.79 Å². The third-order valence-corrected chi connectivity index (χ3v) is 8.38. The Hall–Kier alpha value is -3.60. The maximum absolute atomic E-state index is 13.4. The standard InChI is InChI=1S/C26H30N2O8S/c1-18-22(11-12-24(29)27-15-13-20(14-16-27)25(30)31)36-23-10-6-5-9-21(23)28(18)37(33,34)26(32)35-17-19-7-3-2-4-8-19/h2-10,18,20,22H,11-17H2,1H3,(H,30,31)/t18-,22?/m1/s1. The molecule has 2 heterocycles. The molecule has 0 radical (unpaired) electrons. The van der Waals surface area contributed by atoms with Gasteiger partial charge in [0.05, 0.1) is 17.6 Å². The number of nitrogens with zero attached hydrogens (tertiary/aromatic N) is 2. The van der Waals surface area contributed by atoms with Gasteiger partial charge in [0.15, 0.2) is 0 Å². The zero-order valence-corrected chi connectivity index (χ0v) is 21.3. The summed E-state index contributed by atoms with van der Waals surface area (Å²) in [6.45, 7) is 2.18. The Labute approximate surface area is 215 Å². The number of carboxylic acids is 1. The van der Waals surface area contributed by atoms with Crippen molar-refractivity contribution in [2.24, 2.45) is 5.92 Å². The fourth-order valence-electron chi connectivity index (χ4n) is 4.69. The molecule has 1 fully saturated rings. The number of para-hydroxylation sites is 2. The van der Waals surface area contributed by atoms with Crippen molar-refractivity contribution in [3.8, 4) is 5.75 Å². The van der Waals surface area contributed by atoms with E-state index in [9.17, 15) is 22.8 Å². The highest BCUT2D eigenvalue weighted by Gasteiger charge is 2.44. The van der Waals surface area contributed by atoms with Crippen molar-refractivity contribution < 1.29 is 37.4 Å². The first-order chi connectivity index (χ1) is 17.7. The Morgan fingerprint density at radius 2 is 1.68 bits per heavy atom. The predicted octanol–water partition coefficient (Wildman–Crippen LogP) is 3.41. The summed E-state index contributed by atoms with van der Waals surface area (Å²) in [5.41, 5.74) is 0.884. The molecule has 2 aromatic rings. The Morgan fingerprint density at radius 3 is 2.35 bits per heavy atom. The zero-order chi connectivity index (χ0) is 26.6. The summed E-state index contributed by atoms with van der Waals surface area (Å²) < 4.78 is 39.0. The van der Waals surface area contributed by atoms with Gasteiger partial charge in [-0.2, -0.15) is 8.42 Å². The molecule has 0 aromatic heterocycles. The lowest BCUT2D eigenvalue weighted by atomic mass is 9.96. The highest BCUT2D eigenvalue weighted by molar-refractivity contribution is 8.06. The van der Waals surface area contributed by atoms with Gasteiger partial charge < -0.3 is 19.5 Å². The third-order valence-electron chi connectivity index (χ3n) is 6.80. The summed E-state index contributed by atoms with van der Waals surface area (Å²) in [5, 5.41) is 7.80. The van der Waals surface area contributed by atoms with E-state index >= 15 is 0 Å². The van der Waals surface area contributed by atoms with Crippen molar-refractivity contribution >= 4 is 32.9 Å². The Morgan fingerprint density at radius 1 is 1.03 bits per heavy atom. The molecule has 198 valence electrons. The number of benzene rings is 2. The average molecular weight is 531 g/mol. The number of hydrogen-bond acceptors (Lipinski definition) is 7. The number of carboxylic acid groups (broad SMARTS) is 1. The summed E-state index contributed by atoms with van der Waals surface area (Å²) in [6, 6.07) is 14.5. The second-order valence-electron chi connectivity index (χ2n) is 9.22. The minimum absolute atomic E-state index is 0.0985. The van der Waals surface area contributed by atoms with Gasteiger partial charge in [0.1, 0.15) is 18.5 Å². The van der Waals surface area contributed by atoms with Crippen molar-refractivity contribution in [3.05, 3.63) is 60.2 Å². The number of fused-ring (bicyclic) bond motifs is 1. The molecule has 37 heavy (non-hydrogen) atoms. The largest absolute Gasteiger partial charge is 0.486 e. The van der Waals surface area contributed by atoms with E-state index in [0.717, 1.165) is 4.31 Å². The fourth-order valence-corrected chi connectivity index (χ4v) is 6.04. The second kappa shape index (κ2) is 11.2. The van der Waals surface area contributed by atoms with Crippen LogP contribution in [0.4, 0.5) is 10.5 Å². The Kier molecular flexibility index (Phi) is 8.01. The van der Waals surface area contributed by atoms with Gasteiger partial charge in [0, 0.05) is 19.5 Å². The van der Waals surface area contributed by atoms with Crippen LogP contribution < -0.4 is 9.04 Å². The highest BCUT2D eigenvalue weighted by Crippen LogP contribution is 2.39. The number of rotatable bonds is 7. The van der Waals surface area contributed by atoms with Gasteiger partial charge in [-0.05, 0) is 43.9 Å². The fraction of sp³-hybridized carbons (Fsp3) is 0.423. The molecule has 2 aliphatic rings. The van der Waals surface area contributed by atoms with Crippen molar-refractivity contribution in [3.63, 3.8) is 0 Å². The molecule has 1 N–H and O–H groups in total. The first kappa shape index (κ1) is 26.5. The minimum Gasteiger partial charge on any atom is -0.486 e. The van der Waals surface area contributed by atoms with Crippen molar-refractivity contribution in [1.82, 2.24) is 4.90 Å². The lowest BCUT2D eigenvalue weighted by Crippen LogP contribution is -2.53. The number of hydrogen-bond donors (Lipinski definition) is 1. The van der Waals surface area contributed by atoms with E-state index in [1.807, 2.05) is 0 Å². The molecule has 10 nitrogen and oxygen atoms in total. The number of carbonyl (C=O) groups is 3. The van der Waals surface area contributed by atoms with Crippen LogP contribution in [-0.4, -0.2) is 60.8 Å². The van der Waals surface area contributed by atoms with Crippen LogP contribution in [0, 0.1) is 5.92 Å². The average Bonchev–Trinajstić information content (AvgIpc) is 2.90. The number of amides is 1.